The number of carbonyl (C=O) groups is 1. The monoisotopic (exact) mass is 543 g/mol. The molecule has 2 N–H and O–H groups in total. The molecule has 0 aliphatic carbocycles. The predicted octanol–water partition coefficient (Wildman–Crippen LogP) is 1.17. The molecule has 1 aromatic rings. The van der Waals surface area contributed by atoms with Gasteiger partial charge >= 0.3 is 0 Å². The molecule has 0 atom stereocenters. The van der Waals surface area contributed by atoms with Crippen LogP contribution in [0.2, 0.25) is 0 Å². The van der Waals surface area contributed by atoms with Crippen LogP contribution in [0.25, 0.3) is 0 Å². The van der Waals surface area contributed by atoms with E-state index in [4.69, 9.17) is 45.4 Å². The van der Waals surface area contributed by atoms with Gasteiger partial charge in [-0.2, -0.15) is 0 Å². The number of carbonyl (C=O) groups excluding carboxylic acids is 1. The third-order valence-corrected chi connectivity index (χ3v) is 5.36. The molecule has 1 aliphatic heterocycles. The molecule has 11 nitrogen and oxygen atoms in total. The molecule has 0 unspecified atom stereocenters. The second-order valence-corrected chi connectivity index (χ2v) is 8.33. The van der Waals surface area contributed by atoms with Crippen LogP contribution in [0.1, 0.15) is 10.4 Å². The van der Waals surface area contributed by atoms with Gasteiger partial charge in [0.05, 0.1) is 85.9 Å². The summed E-state index contributed by atoms with van der Waals surface area (Å²) in [6.45, 7) is 7.68. The van der Waals surface area contributed by atoms with E-state index in [9.17, 15) is 4.79 Å². The highest BCUT2D eigenvalue weighted by Gasteiger charge is 2.16. The Hall–Kier alpha value is -1.90. The molecule has 37 heavy (non-hydrogen) atoms. The Morgan fingerprint density at radius 1 is 0.865 bits per heavy atom. The van der Waals surface area contributed by atoms with Gasteiger partial charge in [0.2, 0.25) is 0 Å². The molecule has 0 aromatic heterocycles. The molecule has 1 saturated heterocycles. The van der Waals surface area contributed by atoms with Crippen LogP contribution in [0.15, 0.2) is 24.3 Å². The van der Waals surface area contributed by atoms with Crippen molar-refractivity contribution in [3.05, 3.63) is 29.8 Å². The quantitative estimate of drug-likeness (QED) is 0.364. The van der Waals surface area contributed by atoms with Crippen molar-refractivity contribution >= 4 is 28.9 Å². The summed E-state index contributed by atoms with van der Waals surface area (Å²) in [5.41, 5.74) is 1.26. The number of anilines is 1. The van der Waals surface area contributed by atoms with E-state index in [1.165, 1.54) is 0 Å². The number of rotatable bonds is 8. The van der Waals surface area contributed by atoms with Crippen LogP contribution in [-0.4, -0.2) is 129 Å². The molecule has 0 radical (unpaired) electrons. The Bertz CT molecular complexity index is 740. The van der Waals surface area contributed by atoms with Gasteiger partial charge in [0.15, 0.2) is 5.11 Å². The molecule has 12 heteroatoms. The molecule has 1 amide bonds. The van der Waals surface area contributed by atoms with Gasteiger partial charge in [-0.15, -0.1) is 0 Å². The molecule has 1 aromatic carbocycles. The maximum atomic E-state index is 13.3. The number of benzene rings is 1. The zero-order chi connectivity index (χ0) is 26.4. The van der Waals surface area contributed by atoms with Crippen LogP contribution in [0.5, 0.6) is 0 Å². The second kappa shape index (κ2) is 21.1. The van der Waals surface area contributed by atoms with Crippen molar-refractivity contribution in [1.82, 2.24) is 10.2 Å². The second-order valence-electron chi connectivity index (χ2n) is 7.92. The van der Waals surface area contributed by atoms with Gasteiger partial charge in [-0.05, 0) is 30.4 Å². The number of thiocarbonyl (C=S) groups is 1. The van der Waals surface area contributed by atoms with Gasteiger partial charge in [0.25, 0.3) is 5.91 Å². The third-order valence-electron chi connectivity index (χ3n) is 5.12. The number of ether oxygens (including phenoxy) is 7. The summed E-state index contributed by atoms with van der Waals surface area (Å²) < 4.78 is 38.1. The fourth-order valence-electron chi connectivity index (χ4n) is 3.21. The first kappa shape index (κ1) is 31.3. The van der Waals surface area contributed by atoms with Crippen LogP contribution in [0.3, 0.4) is 0 Å². The van der Waals surface area contributed by atoms with Crippen molar-refractivity contribution in [1.29, 1.82) is 0 Å². The minimum absolute atomic E-state index is 0.111. The fraction of sp³-hybridized carbons (Fsp3) is 0.680. The fourth-order valence-corrected chi connectivity index (χ4v) is 3.43. The predicted molar refractivity (Wildman–Crippen MR) is 143 cm³/mol. The van der Waals surface area contributed by atoms with E-state index >= 15 is 0 Å². The van der Waals surface area contributed by atoms with Crippen molar-refractivity contribution in [2.75, 3.05) is 118 Å². The lowest BCUT2D eigenvalue weighted by Gasteiger charge is -2.23. The van der Waals surface area contributed by atoms with Crippen molar-refractivity contribution in [2.45, 2.75) is 0 Å². The lowest BCUT2D eigenvalue weighted by Crippen LogP contribution is -2.37. The van der Waals surface area contributed by atoms with Gasteiger partial charge < -0.3 is 48.7 Å². The smallest absolute Gasteiger partial charge is 0.254 e. The van der Waals surface area contributed by atoms with E-state index < -0.39 is 0 Å². The van der Waals surface area contributed by atoms with Gasteiger partial charge in [0.1, 0.15) is 0 Å². The van der Waals surface area contributed by atoms with Crippen LogP contribution in [-0.2, 0) is 33.2 Å². The SMILES string of the molecule is COCCOCCNC(=S)Nc1cccc(C(=O)N2CCOCCOCCOCCOCCOCC2)c1. The average Bonchev–Trinajstić information content (AvgIpc) is 2.90. The number of nitrogens with one attached hydrogen (secondary N) is 2. The van der Waals surface area contributed by atoms with Crippen LogP contribution < -0.4 is 10.6 Å². The molecule has 210 valence electrons. The Morgan fingerprint density at radius 3 is 2.00 bits per heavy atom. The normalized spacial score (nSPS) is 17.4. The summed E-state index contributed by atoms with van der Waals surface area (Å²) in [6, 6.07) is 7.24. The lowest BCUT2D eigenvalue weighted by molar-refractivity contribution is -0.0176. The lowest BCUT2D eigenvalue weighted by atomic mass is 10.1. The van der Waals surface area contributed by atoms with Crippen molar-refractivity contribution in [2.24, 2.45) is 0 Å². The number of amides is 1. The Labute approximate surface area is 225 Å². The topological polar surface area (TPSA) is 109 Å². The van der Waals surface area contributed by atoms with Gasteiger partial charge in [-0.3, -0.25) is 4.79 Å². The summed E-state index contributed by atoms with van der Waals surface area (Å²) in [5.74, 6) is -0.111. The van der Waals surface area contributed by atoms with Crippen molar-refractivity contribution in [3.63, 3.8) is 0 Å². The molecule has 0 saturated carbocycles. The minimum atomic E-state index is -0.111. The van der Waals surface area contributed by atoms with Gasteiger partial charge in [-0.25, -0.2) is 0 Å². The molecule has 2 rings (SSSR count). The highest BCUT2D eigenvalue weighted by atomic mass is 32.1. The third kappa shape index (κ3) is 15.2. The molecule has 1 aliphatic rings. The number of nitrogens with zero attached hydrogens (tertiary/aromatic N) is 1. The zero-order valence-electron chi connectivity index (χ0n) is 21.7. The van der Waals surface area contributed by atoms with Crippen LogP contribution >= 0.6 is 12.2 Å². The standard InChI is InChI=1S/C25H41N3O8S/c1-30-11-12-31-8-5-26-25(37)27-23-4-2-3-22(21-23)24(29)28-6-9-32-13-15-34-17-19-36-20-18-35-16-14-33-10-7-28/h2-4,21H,5-20H2,1H3,(H2,26,27,37). The van der Waals surface area contributed by atoms with E-state index in [1.807, 2.05) is 12.1 Å². The average molecular weight is 544 g/mol. The summed E-state index contributed by atoms with van der Waals surface area (Å²) in [5, 5.41) is 6.65. The summed E-state index contributed by atoms with van der Waals surface area (Å²) in [4.78, 5) is 15.0. The summed E-state index contributed by atoms with van der Waals surface area (Å²) >= 11 is 5.35. The molecule has 1 fully saturated rings. The molecular formula is C25H41N3O8S. The number of methoxy groups -OCH3 is 1. The van der Waals surface area contributed by atoms with Crippen molar-refractivity contribution in [3.8, 4) is 0 Å². The van der Waals surface area contributed by atoms with Crippen LogP contribution in [0.4, 0.5) is 5.69 Å². The highest BCUT2D eigenvalue weighted by molar-refractivity contribution is 7.80. The summed E-state index contributed by atoms with van der Waals surface area (Å²) in [6.07, 6.45) is 0. The molecule has 1 heterocycles. The zero-order valence-corrected chi connectivity index (χ0v) is 22.6. The Kier molecular flexibility index (Phi) is 17.8. The summed E-state index contributed by atoms with van der Waals surface area (Å²) in [7, 11) is 1.63. The first-order valence-corrected chi connectivity index (χ1v) is 13.0. The first-order chi connectivity index (χ1) is 18.2. The highest BCUT2D eigenvalue weighted by Crippen LogP contribution is 2.13. The van der Waals surface area contributed by atoms with E-state index in [1.54, 1.807) is 24.1 Å². The molecule has 0 spiro atoms. The Morgan fingerprint density at radius 2 is 1.43 bits per heavy atom. The van der Waals surface area contributed by atoms with Crippen LogP contribution in [0, 0.1) is 0 Å². The van der Waals surface area contributed by atoms with E-state index in [0.717, 1.165) is 5.69 Å². The number of hydrogen-bond acceptors (Lipinski definition) is 9. The van der Waals surface area contributed by atoms with E-state index in [0.29, 0.717) is 116 Å². The van der Waals surface area contributed by atoms with E-state index in [-0.39, 0.29) is 5.91 Å². The molecule has 0 bridgehead atoms. The Balaban J connectivity index is 1.85. The van der Waals surface area contributed by atoms with Gasteiger partial charge in [-0.1, -0.05) is 6.07 Å². The maximum Gasteiger partial charge on any atom is 0.254 e. The van der Waals surface area contributed by atoms with Gasteiger partial charge in [0, 0.05) is 38.0 Å². The largest absolute Gasteiger partial charge is 0.382 e. The number of hydrogen-bond donors (Lipinski definition) is 2. The first-order valence-electron chi connectivity index (χ1n) is 12.6. The minimum Gasteiger partial charge on any atom is -0.382 e. The van der Waals surface area contributed by atoms with E-state index in [2.05, 4.69) is 10.6 Å². The van der Waals surface area contributed by atoms with Crippen molar-refractivity contribution < 1.29 is 38.0 Å². The molecular weight excluding hydrogens is 502 g/mol. The maximum absolute atomic E-state index is 13.3.